The summed E-state index contributed by atoms with van der Waals surface area (Å²) < 4.78 is -0.834. The second-order valence-corrected chi connectivity index (χ2v) is 6.43. The Morgan fingerprint density at radius 3 is 2.31 bits per heavy atom. The highest BCUT2D eigenvalue weighted by molar-refractivity contribution is 6.53. The number of hydrogen-bond donors (Lipinski definition) is 0. The van der Waals surface area contributed by atoms with E-state index in [0.717, 1.165) is 5.69 Å². The van der Waals surface area contributed by atoms with E-state index in [4.69, 9.17) is 34.8 Å². The van der Waals surface area contributed by atoms with Gasteiger partial charge in [0, 0.05) is 17.0 Å². The summed E-state index contributed by atoms with van der Waals surface area (Å²) in [4.78, 5) is 2.00. The van der Waals surface area contributed by atoms with E-state index in [9.17, 15) is 0 Å². The highest BCUT2D eigenvalue weighted by atomic mass is 35.5. The second kappa shape index (κ2) is 3.97. The Bertz CT molecular complexity index is 375. The van der Waals surface area contributed by atoms with Gasteiger partial charge in [-0.05, 0) is 12.1 Å². The van der Waals surface area contributed by atoms with Crippen LogP contribution in [0.1, 0.15) is 13.8 Å². The van der Waals surface area contributed by atoms with Crippen LogP contribution in [0.3, 0.4) is 0 Å². The maximum Gasteiger partial charge on any atom is 0.212 e. The molecule has 16 heavy (non-hydrogen) atoms. The van der Waals surface area contributed by atoms with Crippen LogP contribution in [0.4, 0.5) is 5.69 Å². The molecule has 2 rings (SSSR count). The summed E-state index contributed by atoms with van der Waals surface area (Å²) in [6, 6.07) is 9.99. The van der Waals surface area contributed by atoms with Gasteiger partial charge in [0.25, 0.3) is 0 Å². The first-order valence-electron chi connectivity index (χ1n) is 5.19. The molecule has 1 unspecified atom stereocenters. The molecule has 0 bridgehead atoms. The van der Waals surface area contributed by atoms with Crippen molar-refractivity contribution in [1.29, 1.82) is 0 Å². The summed E-state index contributed by atoms with van der Waals surface area (Å²) in [5.74, 6) is 0.530. The lowest BCUT2D eigenvalue weighted by Gasteiger charge is -2.20. The van der Waals surface area contributed by atoms with E-state index < -0.39 is 4.46 Å². The number of nitrogens with zero attached hydrogens (tertiary/aromatic N) is 1. The van der Waals surface area contributed by atoms with E-state index in [1.54, 1.807) is 0 Å². The van der Waals surface area contributed by atoms with Crippen molar-refractivity contribution >= 4 is 40.5 Å². The molecule has 1 aromatic rings. The molecule has 1 aliphatic heterocycles. The molecule has 1 atom stereocenters. The minimum Gasteiger partial charge on any atom is -0.330 e. The molecule has 0 saturated carbocycles. The molecule has 4 heteroatoms. The second-order valence-electron chi connectivity index (χ2n) is 4.82. The van der Waals surface area contributed by atoms with Gasteiger partial charge < -0.3 is 4.90 Å². The zero-order chi connectivity index (χ0) is 12.0. The van der Waals surface area contributed by atoms with Gasteiger partial charge in [-0.25, -0.2) is 0 Å². The first-order valence-corrected chi connectivity index (χ1v) is 6.48. The van der Waals surface area contributed by atoms with E-state index in [-0.39, 0.29) is 11.5 Å². The average Bonchev–Trinajstić information content (AvgIpc) is 2.84. The Balaban J connectivity index is 2.27. The molecule has 1 heterocycles. The van der Waals surface area contributed by atoms with Crippen LogP contribution in [0, 0.1) is 5.41 Å². The topological polar surface area (TPSA) is 3.01 Å². The van der Waals surface area contributed by atoms with Gasteiger partial charge in [-0.1, -0.05) is 55.2 Å². The van der Waals surface area contributed by atoms with Crippen LogP contribution in [-0.4, -0.2) is 16.4 Å². The lowest BCUT2D eigenvalue weighted by Crippen LogP contribution is -2.25. The molecule has 0 amide bonds. The van der Waals surface area contributed by atoms with E-state index in [1.165, 1.54) is 0 Å². The third kappa shape index (κ3) is 1.90. The molecule has 0 aromatic heterocycles. The van der Waals surface area contributed by atoms with Crippen LogP contribution in [0.5, 0.6) is 0 Å². The van der Waals surface area contributed by atoms with Crippen molar-refractivity contribution in [2.24, 2.45) is 5.41 Å². The van der Waals surface area contributed by atoms with Gasteiger partial charge in [0.1, 0.15) is 0 Å². The predicted octanol–water partition coefficient (Wildman–Crippen LogP) is 4.27. The van der Waals surface area contributed by atoms with Crippen LogP contribution < -0.4 is 4.90 Å². The normalized spacial score (nSPS) is 23.3. The summed E-state index contributed by atoms with van der Waals surface area (Å²) in [7, 11) is 0. The molecule has 1 aromatic carbocycles. The standard InChI is InChI=1S/C12H14Cl3N/c1-11(2,8-13)10-12(14,15)16(10)9-6-4-3-5-7-9/h3-7,10H,8H2,1-2H3. The lowest BCUT2D eigenvalue weighted by molar-refractivity contribution is 0.412. The largest absolute Gasteiger partial charge is 0.330 e. The van der Waals surface area contributed by atoms with Crippen LogP contribution in [0.2, 0.25) is 0 Å². The van der Waals surface area contributed by atoms with Crippen molar-refractivity contribution in [2.75, 3.05) is 10.8 Å². The van der Waals surface area contributed by atoms with Gasteiger partial charge in [0.2, 0.25) is 4.46 Å². The Labute approximate surface area is 111 Å². The van der Waals surface area contributed by atoms with Gasteiger partial charge in [-0.3, -0.25) is 0 Å². The third-order valence-electron chi connectivity index (χ3n) is 2.96. The van der Waals surface area contributed by atoms with Crippen molar-refractivity contribution in [3.63, 3.8) is 0 Å². The van der Waals surface area contributed by atoms with Crippen molar-refractivity contribution < 1.29 is 0 Å². The fraction of sp³-hybridized carbons (Fsp3) is 0.500. The summed E-state index contributed by atoms with van der Waals surface area (Å²) in [6.07, 6.45) is 0. The Kier molecular flexibility index (Phi) is 3.07. The van der Waals surface area contributed by atoms with Gasteiger partial charge in [0.05, 0.1) is 6.04 Å². The molecule has 1 aliphatic rings. The molecule has 0 radical (unpaired) electrons. The monoisotopic (exact) mass is 277 g/mol. The van der Waals surface area contributed by atoms with Crippen molar-refractivity contribution in [3.8, 4) is 0 Å². The Morgan fingerprint density at radius 1 is 1.25 bits per heavy atom. The van der Waals surface area contributed by atoms with Gasteiger partial charge in [-0.15, -0.1) is 11.6 Å². The molecular weight excluding hydrogens is 264 g/mol. The summed E-state index contributed by atoms with van der Waals surface area (Å²) in [5, 5.41) is 0. The number of anilines is 1. The Morgan fingerprint density at radius 2 is 1.81 bits per heavy atom. The molecule has 1 saturated heterocycles. The molecule has 0 aliphatic carbocycles. The zero-order valence-electron chi connectivity index (χ0n) is 9.25. The number of para-hydroxylation sites is 1. The highest BCUT2D eigenvalue weighted by Crippen LogP contribution is 2.58. The molecule has 1 nitrogen and oxygen atoms in total. The van der Waals surface area contributed by atoms with Crippen LogP contribution in [-0.2, 0) is 0 Å². The van der Waals surface area contributed by atoms with E-state index in [2.05, 4.69) is 13.8 Å². The van der Waals surface area contributed by atoms with Crippen molar-refractivity contribution in [3.05, 3.63) is 30.3 Å². The van der Waals surface area contributed by atoms with E-state index in [1.807, 2.05) is 35.2 Å². The fourth-order valence-corrected chi connectivity index (χ4v) is 3.27. The fourth-order valence-electron chi connectivity index (χ4n) is 2.05. The lowest BCUT2D eigenvalue weighted by atomic mass is 9.91. The molecule has 88 valence electrons. The van der Waals surface area contributed by atoms with Crippen LogP contribution >= 0.6 is 34.8 Å². The minimum absolute atomic E-state index is 0.0585. The molecule has 1 fully saturated rings. The Hall–Kier alpha value is -0.110. The van der Waals surface area contributed by atoms with Gasteiger partial charge in [-0.2, -0.15) is 0 Å². The number of rotatable bonds is 3. The van der Waals surface area contributed by atoms with E-state index in [0.29, 0.717) is 5.88 Å². The third-order valence-corrected chi connectivity index (χ3v) is 4.43. The number of benzene rings is 1. The van der Waals surface area contributed by atoms with E-state index >= 15 is 0 Å². The summed E-state index contributed by atoms with van der Waals surface area (Å²) >= 11 is 18.6. The number of alkyl halides is 3. The summed E-state index contributed by atoms with van der Waals surface area (Å²) in [6.45, 7) is 4.15. The maximum absolute atomic E-state index is 6.30. The number of hydrogen-bond acceptors (Lipinski definition) is 1. The maximum atomic E-state index is 6.30. The molecular formula is C12H14Cl3N. The first kappa shape index (κ1) is 12.3. The van der Waals surface area contributed by atoms with Crippen LogP contribution in [0.15, 0.2) is 30.3 Å². The smallest absolute Gasteiger partial charge is 0.212 e. The van der Waals surface area contributed by atoms with Crippen molar-refractivity contribution in [1.82, 2.24) is 0 Å². The zero-order valence-corrected chi connectivity index (χ0v) is 11.5. The summed E-state index contributed by atoms with van der Waals surface area (Å²) in [5.41, 5.74) is 0.927. The molecule has 0 spiro atoms. The van der Waals surface area contributed by atoms with Crippen molar-refractivity contribution in [2.45, 2.75) is 24.3 Å². The number of halogens is 3. The quantitative estimate of drug-likeness (QED) is 0.453. The predicted molar refractivity (Wildman–Crippen MR) is 71.6 cm³/mol. The highest BCUT2D eigenvalue weighted by Gasteiger charge is 2.66. The minimum atomic E-state index is -0.834. The average molecular weight is 279 g/mol. The molecule has 0 N–H and O–H groups in total. The van der Waals surface area contributed by atoms with Crippen LogP contribution in [0.25, 0.3) is 0 Å². The van der Waals surface area contributed by atoms with Gasteiger partial charge >= 0.3 is 0 Å². The van der Waals surface area contributed by atoms with Gasteiger partial charge in [0.15, 0.2) is 0 Å². The SMILES string of the molecule is CC(C)(CCl)C1N(c2ccccc2)C1(Cl)Cl. The first-order chi connectivity index (χ1) is 7.41.